The number of aromatic nitrogens is 1. The van der Waals surface area contributed by atoms with Crippen LogP contribution in [-0.2, 0) is 9.53 Å². The number of hydrogen-bond acceptors (Lipinski definition) is 4. The maximum Gasteiger partial charge on any atom is 0.224 e. The van der Waals surface area contributed by atoms with E-state index in [2.05, 4.69) is 16.4 Å². The standard InChI is InChI=1S/C17H22N2O3/c20-16(11-13-5-1-2-6-13)19-14-12-21-10-8-15(14)22-17-7-3-4-9-18-17/h3-5,7,9,14-15H,1-2,6,8,10-12H2,(H,19,20)/t14-,15-/m1/s1. The number of amides is 1. The first-order valence-corrected chi connectivity index (χ1v) is 7.94. The van der Waals surface area contributed by atoms with Crippen LogP contribution in [0.2, 0.25) is 0 Å². The molecule has 0 spiro atoms. The molecule has 0 saturated carbocycles. The predicted octanol–water partition coefficient (Wildman–Crippen LogP) is 2.23. The Labute approximate surface area is 130 Å². The van der Waals surface area contributed by atoms with E-state index in [0.717, 1.165) is 19.3 Å². The van der Waals surface area contributed by atoms with E-state index in [1.54, 1.807) is 6.20 Å². The van der Waals surface area contributed by atoms with Gasteiger partial charge in [0.1, 0.15) is 6.10 Å². The Hall–Kier alpha value is -1.88. The maximum atomic E-state index is 12.2. The minimum Gasteiger partial charge on any atom is -0.472 e. The van der Waals surface area contributed by atoms with Crippen molar-refractivity contribution in [3.63, 3.8) is 0 Å². The van der Waals surface area contributed by atoms with Crippen LogP contribution in [0.5, 0.6) is 5.88 Å². The molecule has 5 nitrogen and oxygen atoms in total. The van der Waals surface area contributed by atoms with Crippen molar-refractivity contribution in [3.8, 4) is 5.88 Å². The number of pyridine rings is 1. The fraction of sp³-hybridized carbons (Fsp3) is 0.529. The number of ether oxygens (including phenoxy) is 2. The number of nitrogens with one attached hydrogen (secondary N) is 1. The summed E-state index contributed by atoms with van der Waals surface area (Å²) in [5.74, 6) is 0.644. The Bertz CT molecular complexity index is 530. The highest BCUT2D eigenvalue weighted by Gasteiger charge is 2.29. The van der Waals surface area contributed by atoms with Gasteiger partial charge in [-0.2, -0.15) is 0 Å². The van der Waals surface area contributed by atoms with Crippen LogP contribution >= 0.6 is 0 Å². The lowest BCUT2D eigenvalue weighted by atomic mass is 10.1. The number of carbonyl (C=O) groups excluding carboxylic acids is 1. The molecule has 1 fully saturated rings. The van der Waals surface area contributed by atoms with E-state index < -0.39 is 0 Å². The molecule has 0 radical (unpaired) electrons. The Morgan fingerprint density at radius 2 is 2.41 bits per heavy atom. The lowest BCUT2D eigenvalue weighted by molar-refractivity contribution is -0.123. The second kappa shape index (κ2) is 7.40. The Kier molecular flexibility index (Phi) is 5.06. The van der Waals surface area contributed by atoms with Crippen LogP contribution in [0.1, 0.15) is 32.1 Å². The first-order valence-electron chi connectivity index (χ1n) is 7.94. The highest BCUT2D eigenvalue weighted by atomic mass is 16.5. The molecule has 0 aromatic carbocycles. The summed E-state index contributed by atoms with van der Waals surface area (Å²) in [5, 5.41) is 3.06. The smallest absolute Gasteiger partial charge is 0.224 e. The molecule has 1 aliphatic heterocycles. The van der Waals surface area contributed by atoms with Crippen molar-refractivity contribution in [1.82, 2.24) is 10.3 Å². The molecule has 1 aliphatic carbocycles. The molecular formula is C17H22N2O3. The van der Waals surface area contributed by atoms with Crippen molar-refractivity contribution in [1.29, 1.82) is 0 Å². The van der Waals surface area contributed by atoms with Crippen LogP contribution in [0, 0.1) is 0 Å². The average molecular weight is 302 g/mol. The number of nitrogens with zero attached hydrogens (tertiary/aromatic N) is 1. The summed E-state index contributed by atoms with van der Waals surface area (Å²) in [4.78, 5) is 16.4. The fourth-order valence-electron chi connectivity index (χ4n) is 2.93. The van der Waals surface area contributed by atoms with Crippen molar-refractivity contribution in [3.05, 3.63) is 36.0 Å². The van der Waals surface area contributed by atoms with Crippen molar-refractivity contribution in [2.75, 3.05) is 13.2 Å². The van der Waals surface area contributed by atoms with Crippen LogP contribution in [0.3, 0.4) is 0 Å². The summed E-state index contributed by atoms with van der Waals surface area (Å²) in [7, 11) is 0. The second-order valence-corrected chi connectivity index (χ2v) is 5.79. The van der Waals surface area contributed by atoms with Crippen molar-refractivity contribution in [2.24, 2.45) is 0 Å². The van der Waals surface area contributed by atoms with E-state index in [-0.39, 0.29) is 18.1 Å². The van der Waals surface area contributed by atoms with E-state index in [9.17, 15) is 4.79 Å². The monoisotopic (exact) mass is 302 g/mol. The summed E-state index contributed by atoms with van der Waals surface area (Å²) in [6, 6.07) is 5.45. The number of carbonyl (C=O) groups is 1. The zero-order valence-corrected chi connectivity index (χ0v) is 12.7. The maximum absolute atomic E-state index is 12.2. The van der Waals surface area contributed by atoms with Gasteiger partial charge in [-0.3, -0.25) is 4.79 Å². The van der Waals surface area contributed by atoms with Crippen LogP contribution in [0.25, 0.3) is 0 Å². The van der Waals surface area contributed by atoms with Crippen LogP contribution < -0.4 is 10.1 Å². The largest absolute Gasteiger partial charge is 0.472 e. The van der Waals surface area contributed by atoms with Gasteiger partial charge in [0.05, 0.1) is 19.3 Å². The minimum absolute atomic E-state index is 0.0540. The average Bonchev–Trinajstić information content (AvgIpc) is 3.03. The third-order valence-electron chi connectivity index (χ3n) is 4.07. The van der Waals surface area contributed by atoms with Gasteiger partial charge in [0.2, 0.25) is 11.8 Å². The molecule has 0 unspecified atom stereocenters. The molecule has 1 aromatic rings. The number of hydrogen-bond donors (Lipinski definition) is 1. The lowest BCUT2D eigenvalue weighted by Gasteiger charge is -2.32. The summed E-state index contributed by atoms with van der Waals surface area (Å²) in [6.45, 7) is 1.14. The van der Waals surface area contributed by atoms with Crippen molar-refractivity contribution in [2.45, 2.75) is 44.2 Å². The highest BCUT2D eigenvalue weighted by molar-refractivity contribution is 5.79. The van der Waals surface area contributed by atoms with E-state index >= 15 is 0 Å². The normalized spacial score (nSPS) is 24.6. The van der Waals surface area contributed by atoms with Crippen LogP contribution in [-0.4, -0.2) is 36.3 Å². The Morgan fingerprint density at radius 1 is 1.45 bits per heavy atom. The highest BCUT2D eigenvalue weighted by Crippen LogP contribution is 2.21. The molecular weight excluding hydrogens is 280 g/mol. The third kappa shape index (κ3) is 4.07. The zero-order chi connectivity index (χ0) is 15.2. The van der Waals surface area contributed by atoms with E-state index in [1.807, 2.05) is 18.2 Å². The van der Waals surface area contributed by atoms with Gasteiger partial charge in [0.25, 0.3) is 0 Å². The number of rotatable bonds is 5. The van der Waals surface area contributed by atoms with Gasteiger partial charge in [-0.25, -0.2) is 4.98 Å². The van der Waals surface area contributed by atoms with Crippen molar-refractivity contribution >= 4 is 5.91 Å². The molecule has 2 heterocycles. The molecule has 118 valence electrons. The molecule has 3 rings (SSSR count). The molecule has 1 saturated heterocycles. The molecule has 1 aromatic heterocycles. The van der Waals surface area contributed by atoms with E-state index in [4.69, 9.17) is 9.47 Å². The van der Waals surface area contributed by atoms with Crippen LogP contribution in [0.15, 0.2) is 36.0 Å². The summed E-state index contributed by atoms with van der Waals surface area (Å²) in [6.07, 6.45) is 8.35. The van der Waals surface area contributed by atoms with Crippen molar-refractivity contribution < 1.29 is 14.3 Å². The van der Waals surface area contributed by atoms with Crippen LogP contribution in [0.4, 0.5) is 0 Å². The van der Waals surface area contributed by atoms with Gasteiger partial charge in [0.15, 0.2) is 0 Å². The minimum atomic E-state index is -0.120. The molecule has 22 heavy (non-hydrogen) atoms. The molecule has 2 aliphatic rings. The van der Waals surface area contributed by atoms with E-state index in [0.29, 0.717) is 25.5 Å². The lowest BCUT2D eigenvalue weighted by Crippen LogP contribution is -2.51. The molecule has 5 heteroatoms. The summed E-state index contributed by atoms with van der Waals surface area (Å²) < 4.78 is 11.4. The number of allylic oxidation sites excluding steroid dienone is 1. The van der Waals surface area contributed by atoms with E-state index in [1.165, 1.54) is 12.0 Å². The summed E-state index contributed by atoms with van der Waals surface area (Å²) >= 11 is 0. The first-order chi connectivity index (χ1) is 10.8. The SMILES string of the molecule is O=C(CC1=CCCC1)N[C@@H]1COCC[C@H]1Oc1ccccn1. The zero-order valence-electron chi connectivity index (χ0n) is 12.7. The molecule has 0 bridgehead atoms. The second-order valence-electron chi connectivity index (χ2n) is 5.79. The summed E-state index contributed by atoms with van der Waals surface area (Å²) in [5.41, 5.74) is 1.25. The Balaban J connectivity index is 1.56. The third-order valence-corrected chi connectivity index (χ3v) is 4.07. The van der Waals surface area contributed by atoms with Gasteiger partial charge in [-0.15, -0.1) is 0 Å². The molecule has 1 amide bonds. The quantitative estimate of drug-likeness (QED) is 0.847. The fourth-order valence-corrected chi connectivity index (χ4v) is 2.93. The first kappa shape index (κ1) is 15.0. The van der Waals surface area contributed by atoms with Gasteiger partial charge < -0.3 is 14.8 Å². The van der Waals surface area contributed by atoms with Gasteiger partial charge in [-0.1, -0.05) is 17.7 Å². The topological polar surface area (TPSA) is 60.5 Å². The predicted molar refractivity (Wildman–Crippen MR) is 82.6 cm³/mol. The van der Waals surface area contributed by atoms with Gasteiger partial charge in [-0.05, 0) is 25.3 Å². The van der Waals surface area contributed by atoms with Gasteiger partial charge in [0, 0.05) is 25.1 Å². The Morgan fingerprint density at radius 3 is 3.18 bits per heavy atom. The molecule has 1 N–H and O–H groups in total. The van der Waals surface area contributed by atoms with Gasteiger partial charge >= 0.3 is 0 Å². The molecule has 2 atom stereocenters.